The van der Waals surface area contributed by atoms with Crippen LogP contribution in [0.2, 0.25) is 0 Å². The summed E-state index contributed by atoms with van der Waals surface area (Å²) in [6, 6.07) is 0. The molecule has 8 heteroatoms. The Morgan fingerprint density at radius 1 is 1.00 bits per heavy atom. The minimum atomic E-state index is -0.646. The van der Waals surface area contributed by atoms with Gasteiger partial charge in [-0.3, -0.25) is 0 Å². The first-order chi connectivity index (χ1) is 10.5. The van der Waals surface area contributed by atoms with E-state index in [9.17, 15) is 14.4 Å². The van der Waals surface area contributed by atoms with Gasteiger partial charge in [-0.1, -0.05) is 13.2 Å². The molecule has 0 aromatic heterocycles. The van der Waals surface area contributed by atoms with Gasteiger partial charge in [0.25, 0.3) is 0 Å². The van der Waals surface area contributed by atoms with Crippen molar-refractivity contribution in [3.63, 3.8) is 0 Å². The van der Waals surface area contributed by atoms with Crippen molar-refractivity contribution in [3.05, 3.63) is 24.8 Å². The van der Waals surface area contributed by atoms with E-state index in [4.69, 9.17) is 14.2 Å². The predicted octanol–water partition coefficient (Wildman–Crippen LogP) is 0.578. The van der Waals surface area contributed by atoms with E-state index < -0.39 is 18.0 Å². The first kappa shape index (κ1) is 19.7. The normalized spacial score (nSPS) is 9.50. The number of alkyl carbamates (subject to hydrolysis) is 1. The van der Waals surface area contributed by atoms with Crippen LogP contribution in [0.5, 0.6) is 0 Å². The van der Waals surface area contributed by atoms with E-state index in [0.717, 1.165) is 6.08 Å². The maximum absolute atomic E-state index is 11.2. The fourth-order valence-corrected chi connectivity index (χ4v) is 1.03. The van der Waals surface area contributed by atoms with Crippen LogP contribution in [0.4, 0.5) is 4.79 Å². The first-order valence-electron chi connectivity index (χ1n) is 6.57. The van der Waals surface area contributed by atoms with E-state index in [0.29, 0.717) is 5.57 Å². The van der Waals surface area contributed by atoms with Gasteiger partial charge < -0.3 is 24.3 Å². The van der Waals surface area contributed by atoms with Gasteiger partial charge in [-0.2, -0.15) is 0 Å². The molecule has 0 heterocycles. The van der Waals surface area contributed by atoms with Crippen LogP contribution >= 0.6 is 0 Å². The minimum Gasteiger partial charge on any atom is -0.460 e. The molecule has 8 nitrogen and oxygen atoms in total. The zero-order valence-electron chi connectivity index (χ0n) is 12.6. The molecule has 0 atom stereocenters. The van der Waals surface area contributed by atoms with Gasteiger partial charge >= 0.3 is 18.0 Å². The molecular formula is C14H21NO7. The number of rotatable bonds is 11. The molecule has 0 fully saturated rings. The summed E-state index contributed by atoms with van der Waals surface area (Å²) in [4.78, 5) is 32.9. The molecular weight excluding hydrogens is 294 g/mol. The van der Waals surface area contributed by atoms with E-state index in [1.807, 2.05) is 0 Å². The molecule has 0 radical (unpaired) electrons. The highest BCUT2D eigenvalue weighted by molar-refractivity contribution is 5.86. The number of carbonyl (C=O) groups excluding carboxylic acids is 3. The van der Waals surface area contributed by atoms with Crippen LogP contribution in [0.3, 0.4) is 0 Å². The molecule has 1 N–H and O–H groups in total. The molecule has 1 amide bonds. The Labute approximate surface area is 129 Å². The molecule has 0 aromatic rings. The molecule has 0 bridgehead atoms. The molecule has 0 aliphatic heterocycles. The summed E-state index contributed by atoms with van der Waals surface area (Å²) in [5, 5.41) is 2.43. The van der Waals surface area contributed by atoms with Crippen molar-refractivity contribution < 1.29 is 33.3 Å². The third kappa shape index (κ3) is 11.5. The van der Waals surface area contributed by atoms with Crippen molar-refractivity contribution in [2.75, 3.05) is 39.6 Å². The lowest BCUT2D eigenvalue weighted by atomic mass is 10.4. The predicted molar refractivity (Wildman–Crippen MR) is 77.1 cm³/mol. The lowest BCUT2D eigenvalue weighted by molar-refractivity contribution is -0.140. The Balaban J connectivity index is 3.38. The van der Waals surface area contributed by atoms with E-state index in [-0.39, 0.29) is 39.6 Å². The van der Waals surface area contributed by atoms with Gasteiger partial charge in [-0.05, 0) is 6.92 Å². The van der Waals surface area contributed by atoms with Gasteiger partial charge in [0.2, 0.25) is 0 Å². The standard InChI is InChI=1S/C14H21NO7/c1-4-12(16)20-9-10-22-14(18)15-5-6-19-7-8-21-13(17)11(2)3/h4H,1-2,5-10H2,3H3,(H,15,18). The van der Waals surface area contributed by atoms with Gasteiger partial charge in [0.1, 0.15) is 19.8 Å². The van der Waals surface area contributed by atoms with Crippen LogP contribution in [0.25, 0.3) is 0 Å². The minimum absolute atomic E-state index is 0.0388. The average molecular weight is 315 g/mol. The van der Waals surface area contributed by atoms with Gasteiger partial charge in [0, 0.05) is 18.2 Å². The zero-order chi connectivity index (χ0) is 16.8. The Morgan fingerprint density at radius 3 is 2.27 bits per heavy atom. The number of esters is 2. The molecule has 0 saturated heterocycles. The van der Waals surface area contributed by atoms with Gasteiger partial charge in [0.05, 0.1) is 13.2 Å². The number of carbonyl (C=O) groups is 3. The first-order valence-corrected chi connectivity index (χ1v) is 6.57. The number of ether oxygens (including phenoxy) is 4. The molecule has 0 saturated carbocycles. The summed E-state index contributed by atoms with van der Waals surface area (Å²) >= 11 is 0. The fraction of sp³-hybridized carbons (Fsp3) is 0.500. The maximum atomic E-state index is 11.2. The van der Waals surface area contributed by atoms with E-state index in [2.05, 4.69) is 23.2 Å². The number of nitrogens with one attached hydrogen (secondary N) is 1. The highest BCUT2D eigenvalue weighted by Crippen LogP contribution is 1.91. The molecule has 0 aliphatic rings. The molecule has 22 heavy (non-hydrogen) atoms. The molecule has 124 valence electrons. The Hall–Kier alpha value is -2.35. The smallest absolute Gasteiger partial charge is 0.407 e. The van der Waals surface area contributed by atoms with Crippen LogP contribution in [-0.2, 0) is 28.5 Å². The summed E-state index contributed by atoms with van der Waals surface area (Å²) in [6.07, 6.45) is 0.373. The Bertz CT molecular complexity index is 406. The SMILES string of the molecule is C=CC(=O)OCCOC(=O)NCCOCCOC(=O)C(=C)C. The summed E-state index contributed by atoms with van der Waals surface area (Å²) in [5.41, 5.74) is 0.322. The Morgan fingerprint density at radius 2 is 1.64 bits per heavy atom. The van der Waals surface area contributed by atoms with Crippen molar-refractivity contribution in [1.82, 2.24) is 5.32 Å². The topological polar surface area (TPSA) is 100 Å². The summed E-state index contributed by atoms with van der Waals surface area (Å²) in [7, 11) is 0. The largest absolute Gasteiger partial charge is 0.460 e. The van der Waals surface area contributed by atoms with Crippen LogP contribution in [0.1, 0.15) is 6.92 Å². The zero-order valence-corrected chi connectivity index (χ0v) is 12.6. The number of hydrogen-bond donors (Lipinski definition) is 1. The lowest BCUT2D eigenvalue weighted by Gasteiger charge is -2.08. The van der Waals surface area contributed by atoms with Gasteiger partial charge in [-0.15, -0.1) is 0 Å². The molecule has 0 rings (SSSR count). The van der Waals surface area contributed by atoms with E-state index >= 15 is 0 Å². The average Bonchev–Trinajstić information content (AvgIpc) is 2.49. The van der Waals surface area contributed by atoms with Crippen molar-refractivity contribution in [3.8, 4) is 0 Å². The van der Waals surface area contributed by atoms with Crippen molar-refractivity contribution in [1.29, 1.82) is 0 Å². The second kappa shape index (κ2) is 12.4. The number of amides is 1. The highest BCUT2D eigenvalue weighted by atomic mass is 16.6. The second-order valence-electron chi connectivity index (χ2n) is 3.96. The number of hydrogen-bond acceptors (Lipinski definition) is 7. The van der Waals surface area contributed by atoms with Crippen molar-refractivity contribution in [2.24, 2.45) is 0 Å². The quantitative estimate of drug-likeness (QED) is 0.257. The second-order valence-corrected chi connectivity index (χ2v) is 3.96. The van der Waals surface area contributed by atoms with E-state index in [1.54, 1.807) is 6.92 Å². The van der Waals surface area contributed by atoms with Crippen LogP contribution in [-0.4, -0.2) is 57.6 Å². The third-order valence-electron chi connectivity index (χ3n) is 2.05. The Kier molecular flexibility index (Phi) is 11.1. The lowest BCUT2D eigenvalue weighted by Crippen LogP contribution is -2.29. The molecule has 0 aromatic carbocycles. The molecule has 0 spiro atoms. The van der Waals surface area contributed by atoms with E-state index in [1.165, 1.54) is 0 Å². The third-order valence-corrected chi connectivity index (χ3v) is 2.05. The summed E-state index contributed by atoms with van der Waals surface area (Å²) < 4.78 is 19.3. The summed E-state index contributed by atoms with van der Waals surface area (Å²) in [6.45, 7) is 8.93. The van der Waals surface area contributed by atoms with Crippen LogP contribution in [0.15, 0.2) is 24.8 Å². The molecule has 0 unspecified atom stereocenters. The van der Waals surface area contributed by atoms with Gasteiger partial charge in [-0.25, -0.2) is 14.4 Å². The molecule has 0 aliphatic carbocycles. The highest BCUT2D eigenvalue weighted by Gasteiger charge is 2.03. The van der Waals surface area contributed by atoms with Gasteiger partial charge in [0.15, 0.2) is 0 Å². The summed E-state index contributed by atoms with van der Waals surface area (Å²) in [5.74, 6) is -1.05. The van der Waals surface area contributed by atoms with Crippen molar-refractivity contribution >= 4 is 18.0 Å². The van der Waals surface area contributed by atoms with Crippen LogP contribution in [0, 0.1) is 0 Å². The van der Waals surface area contributed by atoms with Crippen molar-refractivity contribution in [2.45, 2.75) is 6.92 Å². The maximum Gasteiger partial charge on any atom is 0.407 e. The van der Waals surface area contributed by atoms with Crippen LogP contribution < -0.4 is 5.32 Å². The monoisotopic (exact) mass is 315 g/mol. The fourth-order valence-electron chi connectivity index (χ4n) is 1.03.